The SMILES string of the molecule is Cc1c(C(=O)NCC(C)(C)c2cccc(Cl)c2)[nH]c2c1C(=O)CCC2. The van der Waals surface area contributed by atoms with Gasteiger partial charge in [-0.25, -0.2) is 0 Å². The van der Waals surface area contributed by atoms with E-state index < -0.39 is 0 Å². The molecule has 3 rings (SSSR count). The summed E-state index contributed by atoms with van der Waals surface area (Å²) in [6, 6.07) is 7.68. The van der Waals surface area contributed by atoms with Crippen LogP contribution in [0, 0.1) is 6.92 Å². The van der Waals surface area contributed by atoms with Gasteiger partial charge in [0, 0.05) is 34.7 Å². The van der Waals surface area contributed by atoms with Crippen LogP contribution in [0.1, 0.15) is 64.4 Å². The molecule has 1 aromatic carbocycles. The van der Waals surface area contributed by atoms with Crippen molar-refractivity contribution in [2.45, 2.75) is 45.4 Å². The van der Waals surface area contributed by atoms with Crippen LogP contribution in [0.5, 0.6) is 0 Å². The van der Waals surface area contributed by atoms with Crippen LogP contribution in [0.15, 0.2) is 24.3 Å². The van der Waals surface area contributed by atoms with Gasteiger partial charge in [-0.2, -0.15) is 0 Å². The number of nitrogens with one attached hydrogen (secondary N) is 2. The molecule has 25 heavy (non-hydrogen) atoms. The van der Waals surface area contributed by atoms with Crippen molar-refractivity contribution in [3.63, 3.8) is 0 Å². The highest BCUT2D eigenvalue weighted by molar-refractivity contribution is 6.30. The maximum atomic E-state index is 12.7. The number of halogens is 1. The number of rotatable bonds is 4. The molecule has 0 aliphatic heterocycles. The van der Waals surface area contributed by atoms with E-state index in [0.717, 1.165) is 29.7 Å². The molecule has 0 saturated carbocycles. The molecule has 2 aromatic rings. The third-order valence-electron chi connectivity index (χ3n) is 4.96. The minimum Gasteiger partial charge on any atom is -0.354 e. The number of hydrogen-bond donors (Lipinski definition) is 2. The number of carbonyl (C=O) groups excluding carboxylic acids is 2. The van der Waals surface area contributed by atoms with Crippen LogP contribution in [0.3, 0.4) is 0 Å². The highest BCUT2D eigenvalue weighted by Gasteiger charge is 2.27. The van der Waals surface area contributed by atoms with Crippen molar-refractivity contribution in [3.05, 3.63) is 57.4 Å². The standard InChI is InChI=1S/C20H23ClN2O2/c1-12-17-15(8-5-9-16(17)24)23-18(12)19(25)22-11-20(2,3)13-6-4-7-14(21)10-13/h4,6-7,10,23H,5,8-9,11H2,1-3H3,(H,22,25). The van der Waals surface area contributed by atoms with E-state index in [1.165, 1.54) is 0 Å². The summed E-state index contributed by atoms with van der Waals surface area (Å²) in [6.45, 7) is 6.45. The Morgan fingerprint density at radius 3 is 2.76 bits per heavy atom. The van der Waals surface area contributed by atoms with Gasteiger partial charge in [0.1, 0.15) is 5.69 Å². The van der Waals surface area contributed by atoms with Gasteiger partial charge in [-0.3, -0.25) is 9.59 Å². The van der Waals surface area contributed by atoms with E-state index in [1.54, 1.807) is 0 Å². The highest BCUT2D eigenvalue weighted by Crippen LogP contribution is 2.27. The van der Waals surface area contributed by atoms with Gasteiger partial charge in [0.2, 0.25) is 0 Å². The first-order chi connectivity index (χ1) is 11.8. The van der Waals surface area contributed by atoms with Crippen LogP contribution in [0.25, 0.3) is 0 Å². The third kappa shape index (κ3) is 3.49. The van der Waals surface area contributed by atoms with Gasteiger partial charge in [0.25, 0.3) is 5.91 Å². The Morgan fingerprint density at radius 1 is 1.32 bits per heavy atom. The maximum Gasteiger partial charge on any atom is 0.268 e. The first-order valence-corrected chi connectivity index (χ1v) is 8.96. The summed E-state index contributed by atoms with van der Waals surface area (Å²) in [5.41, 5.74) is 3.69. The molecular weight excluding hydrogens is 336 g/mol. The minimum absolute atomic E-state index is 0.133. The average molecular weight is 359 g/mol. The molecule has 5 heteroatoms. The number of carbonyl (C=O) groups is 2. The number of fused-ring (bicyclic) bond motifs is 1. The van der Waals surface area contributed by atoms with Gasteiger partial charge in [0.05, 0.1) is 0 Å². The normalized spacial score (nSPS) is 14.3. The second-order valence-electron chi connectivity index (χ2n) is 7.33. The molecule has 0 fully saturated rings. The number of amides is 1. The smallest absolute Gasteiger partial charge is 0.268 e. The molecule has 1 amide bonds. The molecule has 0 radical (unpaired) electrons. The number of aromatic amines is 1. The van der Waals surface area contributed by atoms with Crippen LogP contribution < -0.4 is 5.32 Å². The number of aromatic nitrogens is 1. The average Bonchev–Trinajstić information content (AvgIpc) is 2.91. The lowest BCUT2D eigenvalue weighted by Gasteiger charge is -2.25. The number of hydrogen-bond acceptors (Lipinski definition) is 2. The van der Waals surface area contributed by atoms with Crippen molar-refractivity contribution in [1.29, 1.82) is 0 Å². The number of H-pyrrole nitrogens is 1. The van der Waals surface area contributed by atoms with Gasteiger partial charge in [-0.15, -0.1) is 0 Å². The Hall–Kier alpha value is -2.07. The van der Waals surface area contributed by atoms with Crippen molar-refractivity contribution < 1.29 is 9.59 Å². The van der Waals surface area contributed by atoms with Crippen LogP contribution in [-0.2, 0) is 11.8 Å². The molecule has 0 bridgehead atoms. The van der Waals surface area contributed by atoms with Crippen LogP contribution >= 0.6 is 11.6 Å². The molecular formula is C20H23ClN2O2. The summed E-state index contributed by atoms with van der Waals surface area (Å²) in [5, 5.41) is 3.68. The lowest BCUT2D eigenvalue weighted by atomic mass is 9.84. The minimum atomic E-state index is -0.253. The summed E-state index contributed by atoms with van der Waals surface area (Å²) >= 11 is 6.08. The number of benzene rings is 1. The molecule has 0 atom stereocenters. The fraction of sp³-hybridized carbons (Fsp3) is 0.400. The van der Waals surface area contributed by atoms with Crippen molar-refractivity contribution in [1.82, 2.24) is 10.3 Å². The Labute approximate surface area is 153 Å². The van der Waals surface area contributed by atoms with E-state index in [-0.39, 0.29) is 17.1 Å². The lowest BCUT2D eigenvalue weighted by Crippen LogP contribution is -2.37. The van der Waals surface area contributed by atoms with Crippen LogP contribution in [0.2, 0.25) is 5.02 Å². The fourth-order valence-corrected chi connectivity index (χ4v) is 3.59. The summed E-state index contributed by atoms with van der Waals surface area (Å²) < 4.78 is 0. The quantitative estimate of drug-likeness (QED) is 0.860. The van der Waals surface area contributed by atoms with Crippen LogP contribution in [0.4, 0.5) is 0 Å². The Balaban J connectivity index is 1.76. The van der Waals surface area contributed by atoms with Crippen molar-refractivity contribution in [3.8, 4) is 0 Å². The highest BCUT2D eigenvalue weighted by atomic mass is 35.5. The molecule has 1 aliphatic carbocycles. The Bertz CT molecular complexity index is 836. The number of aryl methyl sites for hydroxylation is 1. The Morgan fingerprint density at radius 2 is 2.08 bits per heavy atom. The van der Waals surface area contributed by atoms with E-state index in [9.17, 15) is 9.59 Å². The van der Waals surface area contributed by atoms with Gasteiger partial charge < -0.3 is 10.3 Å². The summed E-state index contributed by atoms with van der Waals surface area (Å²) in [7, 11) is 0. The zero-order valence-corrected chi connectivity index (χ0v) is 15.6. The third-order valence-corrected chi connectivity index (χ3v) is 5.20. The molecule has 0 unspecified atom stereocenters. The van der Waals surface area contributed by atoms with Gasteiger partial charge in [-0.1, -0.05) is 37.6 Å². The van der Waals surface area contributed by atoms with Gasteiger partial charge in [-0.05, 0) is 43.0 Å². The predicted octanol–water partition coefficient (Wildman–Crippen LogP) is 4.20. The molecule has 1 heterocycles. The largest absolute Gasteiger partial charge is 0.354 e. The van der Waals surface area contributed by atoms with E-state index >= 15 is 0 Å². The maximum absolute atomic E-state index is 12.7. The number of Topliss-reactive ketones (excluding diaryl/α,β-unsaturated/α-hetero) is 1. The van der Waals surface area contributed by atoms with Crippen molar-refractivity contribution >= 4 is 23.3 Å². The molecule has 4 nitrogen and oxygen atoms in total. The Kier molecular flexibility index (Phi) is 4.74. The summed E-state index contributed by atoms with van der Waals surface area (Å²) in [4.78, 5) is 27.9. The molecule has 132 valence electrons. The van der Waals surface area contributed by atoms with Gasteiger partial charge in [0.15, 0.2) is 5.78 Å². The number of ketones is 1. The second kappa shape index (κ2) is 6.68. The summed E-state index contributed by atoms with van der Waals surface area (Å²) in [5.74, 6) is -0.0388. The molecule has 2 N–H and O–H groups in total. The zero-order chi connectivity index (χ0) is 18.2. The second-order valence-corrected chi connectivity index (χ2v) is 7.77. The molecule has 1 aliphatic rings. The first-order valence-electron chi connectivity index (χ1n) is 8.58. The zero-order valence-electron chi connectivity index (χ0n) is 14.8. The van der Waals surface area contributed by atoms with Crippen LogP contribution in [-0.4, -0.2) is 23.2 Å². The first kappa shape index (κ1) is 17.7. The van der Waals surface area contributed by atoms with E-state index in [0.29, 0.717) is 29.2 Å². The predicted molar refractivity (Wildman–Crippen MR) is 99.6 cm³/mol. The lowest BCUT2D eigenvalue weighted by molar-refractivity contribution is 0.0940. The molecule has 0 saturated heterocycles. The summed E-state index contributed by atoms with van der Waals surface area (Å²) in [6.07, 6.45) is 2.23. The van der Waals surface area contributed by atoms with E-state index in [1.807, 2.05) is 31.2 Å². The van der Waals surface area contributed by atoms with Crippen molar-refractivity contribution in [2.75, 3.05) is 6.54 Å². The molecule has 1 aromatic heterocycles. The fourth-order valence-electron chi connectivity index (χ4n) is 3.40. The van der Waals surface area contributed by atoms with Crippen molar-refractivity contribution in [2.24, 2.45) is 0 Å². The monoisotopic (exact) mass is 358 g/mol. The molecule has 0 spiro atoms. The van der Waals surface area contributed by atoms with E-state index in [4.69, 9.17) is 11.6 Å². The topological polar surface area (TPSA) is 62.0 Å². The van der Waals surface area contributed by atoms with Gasteiger partial charge >= 0.3 is 0 Å². The van der Waals surface area contributed by atoms with E-state index in [2.05, 4.69) is 24.1 Å².